The van der Waals surface area contributed by atoms with Gasteiger partial charge in [-0.15, -0.1) is 0 Å². The number of ketones is 2. The minimum absolute atomic E-state index is 0.257. The van der Waals surface area contributed by atoms with Crippen LogP contribution in [-0.2, 0) is 9.59 Å². The molecule has 0 aromatic carbocycles. The predicted molar refractivity (Wildman–Crippen MR) is 74.0 cm³/mol. The summed E-state index contributed by atoms with van der Waals surface area (Å²) in [6.07, 6.45) is 8.71. The summed E-state index contributed by atoms with van der Waals surface area (Å²) in [6, 6.07) is 0. The zero-order valence-corrected chi connectivity index (χ0v) is 10.1. The highest BCUT2D eigenvalue weighted by Gasteiger charge is 2.31. The molecule has 2 heteroatoms. The molecule has 0 spiro atoms. The highest BCUT2D eigenvalue weighted by Crippen LogP contribution is 2.29. The minimum Gasteiger partial charge on any atom is -0.289 e. The lowest BCUT2D eigenvalue weighted by Gasteiger charge is -2.19. The van der Waals surface area contributed by atoms with Crippen LogP contribution < -0.4 is 0 Å². The standard InChI is InChI=1S/C16H14O2/c1-5-9-13-14(10-6-2)16(18)12(8-4)11(7-3)15(13)17/h5-10H,1-4H2/b13-9+,14-10+. The van der Waals surface area contributed by atoms with Crippen LogP contribution in [0.4, 0.5) is 0 Å². The van der Waals surface area contributed by atoms with E-state index in [4.69, 9.17) is 0 Å². The lowest BCUT2D eigenvalue weighted by Crippen LogP contribution is -2.23. The van der Waals surface area contributed by atoms with Gasteiger partial charge in [0, 0.05) is 22.3 Å². The van der Waals surface area contributed by atoms with E-state index in [-0.39, 0.29) is 22.7 Å². The van der Waals surface area contributed by atoms with E-state index in [0.717, 1.165) is 0 Å². The summed E-state index contributed by atoms with van der Waals surface area (Å²) in [6.45, 7) is 14.2. The molecule has 90 valence electrons. The maximum atomic E-state index is 12.2. The van der Waals surface area contributed by atoms with E-state index in [0.29, 0.717) is 11.1 Å². The Morgan fingerprint density at radius 1 is 0.667 bits per heavy atom. The third-order valence-electron chi connectivity index (χ3n) is 2.54. The fraction of sp³-hybridized carbons (Fsp3) is 0. The van der Waals surface area contributed by atoms with Crippen LogP contribution in [0.15, 0.2) is 85.1 Å². The molecule has 0 saturated carbocycles. The third kappa shape index (κ3) is 2.13. The van der Waals surface area contributed by atoms with E-state index < -0.39 is 0 Å². The van der Waals surface area contributed by atoms with Crippen LogP contribution in [0.1, 0.15) is 0 Å². The smallest absolute Gasteiger partial charge is 0.194 e. The Labute approximate surface area is 107 Å². The Morgan fingerprint density at radius 2 is 1.00 bits per heavy atom. The summed E-state index contributed by atoms with van der Waals surface area (Å²) in [5.41, 5.74) is 1.14. The largest absolute Gasteiger partial charge is 0.289 e. The monoisotopic (exact) mass is 238 g/mol. The molecular formula is C16H14O2. The molecule has 0 heterocycles. The van der Waals surface area contributed by atoms with E-state index in [2.05, 4.69) is 26.3 Å². The van der Waals surface area contributed by atoms with Crippen molar-refractivity contribution in [1.82, 2.24) is 0 Å². The van der Waals surface area contributed by atoms with Crippen LogP contribution in [-0.4, -0.2) is 11.6 Å². The van der Waals surface area contributed by atoms with Crippen LogP contribution in [0, 0.1) is 0 Å². The summed E-state index contributed by atoms with van der Waals surface area (Å²) in [5.74, 6) is -0.514. The molecular weight excluding hydrogens is 224 g/mol. The normalized spacial score (nSPS) is 20.2. The Bertz CT molecular complexity index is 502. The van der Waals surface area contributed by atoms with Gasteiger partial charge in [-0.05, 0) is 0 Å². The second kappa shape index (κ2) is 5.73. The van der Waals surface area contributed by atoms with Crippen LogP contribution in [0.25, 0.3) is 0 Å². The number of carbonyl (C=O) groups excluding carboxylic acids is 2. The average Bonchev–Trinajstić information content (AvgIpc) is 2.37. The van der Waals surface area contributed by atoms with Crippen molar-refractivity contribution in [3.05, 3.63) is 85.1 Å². The van der Waals surface area contributed by atoms with Gasteiger partial charge < -0.3 is 0 Å². The van der Waals surface area contributed by atoms with E-state index in [9.17, 15) is 9.59 Å². The summed E-state index contributed by atoms with van der Waals surface area (Å²) in [7, 11) is 0. The predicted octanol–water partition coefficient (Wildman–Crippen LogP) is 3.03. The lowest BCUT2D eigenvalue weighted by molar-refractivity contribution is -0.116. The fourth-order valence-electron chi connectivity index (χ4n) is 1.75. The van der Waals surface area contributed by atoms with Crippen molar-refractivity contribution < 1.29 is 9.59 Å². The molecule has 0 unspecified atom stereocenters. The Morgan fingerprint density at radius 3 is 1.22 bits per heavy atom. The van der Waals surface area contributed by atoms with Crippen molar-refractivity contribution in [2.75, 3.05) is 0 Å². The summed E-state index contributed by atoms with van der Waals surface area (Å²) in [4.78, 5) is 24.5. The van der Waals surface area contributed by atoms with Gasteiger partial charge in [-0.2, -0.15) is 0 Å². The topological polar surface area (TPSA) is 34.1 Å². The van der Waals surface area contributed by atoms with Crippen molar-refractivity contribution in [1.29, 1.82) is 0 Å². The molecule has 0 aliphatic heterocycles. The molecule has 0 saturated heterocycles. The zero-order valence-electron chi connectivity index (χ0n) is 10.1. The zero-order chi connectivity index (χ0) is 13.7. The molecule has 0 amide bonds. The van der Waals surface area contributed by atoms with Gasteiger partial charge in [0.15, 0.2) is 11.6 Å². The molecule has 0 atom stereocenters. The van der Waals surface area contributed by atoms with Gasteiger partial charge in [0.05, 0.1) is 0 Å². The Kier molecular flexibility index (Phi) is 4.33. The Hall–Kier alpha value is -2.48. The average molecular weight is 238 g/mol. The van der Waals surface area contributed by atoms with Crippen LogP contribution in [0.3, 0.4) is 0 Å². The van der Waals surface area contributed by atoms with Gasteiger partial charge in [0.1, 0.15) is 0 Å². The second-order valence-corrected chi connectivity index (χ2v) is 3.53. The minimum atomic E-state index is -0.257. The lowest BCUT2D eigenvalue weighted by atomic mass is 9.81. The number of carbonyl (C=O) groups is 2. The summed E-state index contributed by atoms with van der Waals surface area (Å²) >= 11 is 0. The molecule has 0 fully saturated rings. The van der Waals surface area contributed by atoms with Crippen molar-refractivity contribution in [2.24, 2.45) is 0 Å². The highest BCUT2D eigenvalue weighted by molar-refractivity contribution is 6.31. The maximum absolute atomic E-state index is 12.2. The van der Waals surface area contributed by atoms with Gasteiger partial charge in [-0.1, -0.05) is 62.8 Å². The number of allylic oxidation sites excluding steroid dienone is 10. The second-order valence-electron chi connectivity index (χ2n) is 3.53. The van der Waals surface area contributed by atoms with Crippen LogP contribution in [0.2, 0.25) is 0 Å². The number of hydrogen-bond acceptors (Lipinski definition) is 2. The highest BCUT2D eigenvalue weighted by atomic mass is 16.1. The molecule has 0 radical (unpaired) electrons. The fourth-order valence-corrected chi connectivity index (χ4v) is 1.75. The quantitative estimate of drug-likeness (QED) is 0.705. The molecule has 0 aromatic heterocycles. The maximum Gasteiger partial charge on any atom is 0.194 e. The van der Waals surface area contributed by atoms with E-state index in [1.807, 2.05) is 0 Å². The molecule has 0 aromatic rings. The van der Waals surface area contributed by atoms with Gasteiger partial charge >= 0.3 is 0 Å². The van der Waals surface area contributed by atoms with Gasteiger partial charge in [-0.3, -0.25) is 9.59 Å². The number of rotatable bonds is 4. The first-order valence-corrected chi connectivity index (χ1v) is 5.36. The first kappa shape index (κ1) is 13.6. The summed E-state index contributed by atoms with van der Waals surface area (Å²) < 4.78 is 0. The first-order chi connectivity index (χ1) is 8.62. The van der Waals surface area contributed by atoms with Crippen LogP contribution >= 0.6 is 0 Å². The molecule has 1 aliphatic rings. The van der Waals surface area contributed by atoms with Crippen LogP contribution in [0.5, 0.6) is 0 Å². The molecule has 18 heavy (non-hydrogen) atoms. The molecule has 0 bridgehead atoms. The molecule has 2 nitrogen and oxygen atoms in total. The van der Waals surface area contributed by atoms with E-state index >= 15 is 0 Å². The van der Waals surface area contributed by atoms with Gasteiger partial charge in [-0.25, -0.2) is 0 Å². The van der Waals surface area contributed by atoms with Crippen molar-refractivity contribution in [2.45, 2.75) is 0 Å². The van der Waals surface area contributed by atoms with Crippen molar-refractivity contribution in [3.63, 3.8) is 0 Å². The van der Waals surface area contributed by atoms with E-state index in [1.165, 1.54) is 36.5 Å². The molecule has 1 rings (SSSR count). The van der Waals surface area contributed by atoms with Gasteiger partial charge in [0.2, 0.25) is 0 Å². The van der Waals surface area contributed by atoms with E-state index in [1.54, 1.807) is 0 Å². The third-order valence-corrected chi connectivity index (χ3v) is 2.54. The van der Waals surface area contributed by atoms with Crippen molar-refractivity contribution >= 4 is 11.6 Å². The number of hydrogen-bond donors (Lipinski definition) is 0. The Balaban J connectivity index is 3.66. The SMILES string of the molecule is C=C/C=C1/C(=O)C(C=C)=C(C=C)C(=O)/C1=C/C=C. The number of Topliss-reactive ketones (excluding diaryl/α,β-unsaturated/α-hetero) is 2. The molecule has 1 aliphatic carbocycles. The first-order valence-electron chi connectivity index (χ1n) is 5.36. The summed E-state index contributed by atoms with van der Waals surface area (Å²) in [5, 5.41) is 0. The molecule has 0 N–H and O–H groups in total. The van der Waals surface area contributed by atoms with Crippen molar-refractivity contribution in [3.8, 4) is 0 Å². The van der Waals surface area contributed by atoms with Gasteiger partial charge in [0.25, 0.3) is 0 Å².